The van der Waals surface area contributed by atoms with Crippen LogP contribution in [0.25, 0.3) is 11.3 Å². The molecular weight excluding hydrogens is 212 g/mol. The Morgan fingerprint density at radius 3 is 2.59 bits per heavy atom. The molecule has 0 unspecified atom stereocenters. The lowest BCUT2D eigenvalue weighted by Gasteiger charge is -2.07. The molecular formula is C14H18N2O. The SMILES string of the molecule is Cc1ccccc1-c1nc(CO)[nH]c1C(C)C. The molecule has 0 spiro atoms. The molecule has 0 saturated heterocycles. The molecule has 1 aromatic heterocycles. The molecule has 0 aliphatic carbocycles. The monoisotopic (exact) mass is 230 g/mol. The third kappa shape index (κ3) is 2.24. The van der Waals surface area contributed by atoms with E-state index < -0.39 is 0 Å². The lowest BCUT2D eigenvalue weighted by molar-refractivity contribution is 0.272. The van der Waals surface area contributed by atoms with Crippen molar-refractivity contribution >= 4 is 0 Å². The van der Waals surface area contributed by atoms with Crippen molar-refractivity contribution in [2.24, 2.45) is 0 Å². The van der Waals surface area contributed by atoms with Gasteiger partial charge in [0.1, 0.15) is 12.4 Å². The van der Waals surface area contributed by atoms with Crippen LogP contribution in [-0.4, -0.2) is 15.1 Å². The average Bonchev–Trinajstić information content (AvgIpc) is 2.73. The molecule has 0 bridgehead atoms. The first-order valence-corrected chi connectivity index (χ1v) is 5.89. The highest BCUT2D eigenvalue weighted by Gasteiger charge is 2.15. The summed E-state index contributed by atoms with van der Waals surface area (Å²) in [6.07, 6.45) is 0. The number of aromatic amines is 1. The van der Waals surface area contributed by atoms with Crippen molar-refractivity contribution in [3.63, 3.8) is 0 Å². The Morgan fingerprint density at radius 2 is 2.00 bits per heavy atom. The minimum absolute atomic E-state index is 0.0500. The van der Waals surface area contributed by atoms with Crippen molar-refractivity contribution in [1.29, 1.82) is 0 Å². The molecule has 0 radical (unpaired) electrons. The van der Waals surface area contributed by atoms with Gasteiger partial charge in [0.25, 0.3) is 0 Å². The lowest BCUT2D eigenvalue weighted by atomic mass is 10.00. The maximum atomic E-state index is 9.18. The second kappa shape index (κ2) is 4.72. The zero-order chi connectivity index (χ0) is 12.4. The predicted molar refractivity (Wildman–Crippen MR) is 68.8 cm³/mol. The second-order valence-corrected chi connectivity index (χ2v) is 4.57. The van der Waals surface area contributed by atoms with Gasteiger partial charge < -0.3 is 10.1 Å². The summed E-state index contributed by atoms with van der Waals surface area (Å²) in [4.78, 5) is 7.67. The number of H-pyrrole nitrogens is 1. The zero-order valence-corrected chi connectivity index (χ0v) is 10.5. The Kier molecular flexibility index (Phi) is 3.29. The van der Waals surface area contributed by atoms with Gasteiger partial charge in [-0.25, -0.2) is 4.98 Å². The fourth-order valence-electron chi connectivity index (χ4n) is 1.97. The third-order valence-electron chi connectivity index (χ3n) is 2.91. The summed E-state index contributed by atoms with van der Waals surface area (Å²) in [5.74, 6) is 0.990. The van der Waals surface area contributed by atoms with Crippen LogP contribution < -0.4 is 0 Å². The number of aliphatic hydroxyl groups excluding tert-OH is 1. The van der Waals surface area contributed by atoms with E-state index in [-0.39, 0.29) is 6.61 Å². The normalized spacial score (nSPS) is 11.1. The van der Waals surface area contributed by atoms with Crippen LogP contribution in [0.2, 0.25) is 0 Å². The van der Waals surface area contributed by atoms with E-state index in [0.717, 1.165) is 17.0 Å². The number of benzene rings is 1. The van der Waals surface area contributed by atoms with Crippen molar-refractivity contribution in [3.8, 4) is 11.3 Å². The van der Waals surface area contributed by atoms with Gasteiger partial charge in [0.2, 0.25) is 0 Å². The highest BCUT2D eigenvalue weighted by Crippen LogP contribution is 2.29. The van der Waals surface area contributed by atoms with E-state index in [1.165, 1.54) is 5.56 Å². The predicted octanol–water partition coefficient (Wildman–Crippen LogP) is 3.00. The van der Waals surface area contributed by atoms with Gasteiger partial charge in [0.15, 0.2) is 0 Å². The summed E-state index contributed by atoms with van der Waals surface area (Å²) in [6.45, 7) is 6.27. The molecule has 0 fully saturated rings. The Balaban J connectivity index is 2.58. The number of nitrogens with zero attached hydrogens (tertiary/aromatic N) is 1. The fourth-order valence-corrected chi connectivity index (χ4v) is 1.97. The average molecular weight is 230 g/mol. The number of hydrogen-bond acceptors (Lipinski definition) is 2. The van der Waals surface area contributed by atoms with Gasteiger partial charge in [-0.2, -0.15) is 0 Å². The molecule has 17 heavy (non-hydrogen) atoms. The van der Waals surface area contributed by atoms with E-state index in [1.54, 1.807) is 0 Å². The molecule has 0 aliphatic heterocycles. The number of nitrogens with one attached hydrogen (secondary N) is 1. The molecule has 0 amide bonds. The van der Waals surface area contributed by atoms with E-state index in [4.69, 9.17) is 0 Å². The van der Waals surface area contributed by atoms with Gasteiger partial charge in [-0.05, 0) is 18.4 Å². The summed E-state index contributed by atoms with van der Waals surface area (Å²) < 4.78 is 0. The summed E-state index contributed by atoms with van der Waals surface area (Å²) in [7, 11) is 0. The summed E-state index contributed by atoms with van der Waals surface area (Å²) in [5, 5.41) is 9.18. The Hall–Kier alpha value is -1.61. The van der Waals surface area contributed by atoms with Gasteiger partial charge >= 0.3 is 0 Å². The van der Waals surface area contributed by atoms with Crippen molar-refractivity contribution in [1.82, 2.24) is 9.97 Å². The van der Waals surface area contributed by atoms with Crippen molar-refractivity contribution in [3.05, 3.63) is 41.3 Å². The highest BCUT2D eigenvalue weighted by molar-refractivity contribution is 5.66. The molecule has 90 valence electrons. The van der Waals surface area contributed by atoms with Crippen molar-refractivity contribution < 1.29 is 5.11 Å². The van der Waals surface area contributed by atoms with Gasteiger partial charge in [-0.15, -0.1) is 0 Å². The van der Waals surface area contributed by atoms with Crippen LogP contribution in [0.5, 0.6) is 0 Å². The van der Waals surface area contributed by atoms with Crippen LogP contribution in [0.3, 0.4) is 0 Å². The van der Waals surface area contributed by atoms with Gasteiger partial charge in [-0.3, -0.25) is 0 Å². The first-order valence-electron chi connectivity index (χ1n) is 5.89. The second-order valence-electron chi connectivity index (χ2n) is 4.57. The van der Waals surface area contributed by atoms with Crippen LogP contribution in [0.15, 0.2) is 24.3 Å². The molecule has 3 nitrogen and oxygen atoms in total. The first kappa shape index (κ1) is 11.9. The minimum atomic E-state index is -0.0500. The van der Waals surface area contributed by atoms with Crippen LogP contribution >= 0.6 is 0 Å². The molecule has 3 heteroatoms. The smallest absolute Gasteiger partial charge is 0.132 e. The molecule has 0 aliphatic rings. The summed E-state index contributed by atoms with van der Waals surface area (Å²) in [5.41, 5.74) is 4.38. The zero-order valence-electron chi connectivity index (χ0n) is 10.5. The molecule has 0 atom stereocenters. The summed E-state index contributed by atoms with van der Waals surface area (Å²) in [6, 6.07) is 8.18. The molecule has 2 N–H and O–H groups in total. The van der Waals surface area contributed by atoms with Gasteiger partial charge in [0, 0.05) is 11.3 Å². The van der Waals surface area contributed by atoms with Crippen LogP contribution in [0, 0.1) is 6.92 Å². The maximum absolute atomic E-state index is 9.18. The molecule has 2 rings (SSSR count). The van der Waals surface area contributed by atoms with E-state index >= 15 is 0 Å². The van der Waals surface area contributed by atoms with Crippen LogP contribution in [0.1, 0.15) is 36.8 Å². The highest BCUT2D eigenvalue weighted by atomic mass is 16.3. The number of hydrogen-bond donors (Lipinski definition) is 2. The maximum Gasteiger partial charge on any atom is 0.132 e. The fraction of sp³-hybridized carbons (Fsp3) is 0.357. The van der Waals surface area contributed by atoms with E-state index in [2.05, 4.69) is 42.9 Å². The molecule has 0 saturated carbocycles. The number of aryl methyl sites for hydroxylation is 1. The number of aliphatic hydroxyl groups is 1. The van der Waals surface area contributed by atoms with E-state index in [0.29, 0.717) is 11.7 Å². The molecule has 1 aromatic carbocycles. The standard InChI is InChI=1S/C14H18N2O/c1-9(2)13-14(16-12(8-17)15-13)11-7-5-4-6-10(11)3/h4-7,9,17H,8H2,1-3H3,(H,15,16). The first-order chi connectivity index (χ1) is 8.13. The Bertz CT molecular complexity index is 515. The quantitative estimate of drug-likeness (QED) is 0.851. The summed E-state index contributed by atoms with van der Waals surface area (Å²) >= 11 is 0. The van der Waals surface area contributed by atoms with E-state index in [1.807, 2.05) is 12.1 Å². The lowest BCUT2D eigenvalue weighted by Crippen LogP contribution is -1.93. The largest absolute Gasteiger partial charge is 0.388 e. The number of imidazole rings is 1. The molecule has 1 heterocycles. The van der Waals surface area contributed by atoms with Crippen LogP contribution in [-0.2, 0) is 6.61 Å². The van der Waals surface area contributed by atoms with Crippen molar-refractivity contribution in [2.75, 3.05) is 0 Å². The number of rotatable bonds is 3. The van der Waals surface area contributed by atoms with Gasteiger partial charge in [-0.1, -0.05) is 38.1 Å². The molecule has 2 aromatic rings. The van der Waals surface area contributed by atoms with Crippen LogP contribution in [0.4, 0.5) is 0 Å². The topological polar surface area (TPSA) is 48.9 Å². The van der Waals surface area contributed by atoms with Crippen molar-refractivity contribution in [2.45, 2.75) is 33.3 Å². The van der Waals surface area contributed by atoms with E-state index in [9.17, 15) is 5.11 Å². The third-order valence-corrected chi connectivity index (χ3v) is 2.91. The Morgan fingerprint density at radius 1 is 1.29 bits per heavy atom. The van der Waals surface area contributed by atoms with Gasteiger partial charge in [0.05, 0.1) is 5.69 Å². The number of aromatic nitrogens is 2. The minimum Gasteiger partial charge on any atom is -0.388 e. The Labute approximate surface area is 102 Å².